The Morgan fingerprint density at radius 1 is 0.667 bits per heavy atom. The Hall–Kier alpha value is -1.82. The monoisotopic (exact) mass is 264 g/mol. The second-order valence-electron chi connectivity index (χ2n) is 6.29. The lowest BCUT2D eigenvalue weighted by Gasteiger charge is -2.18. The summed E-state index contributed by atoms with van der Waals surface area (Å²) >= 11 is 0. The minimum absolute atomic E-state index is 1.09. The summed E-state index contributed by atoms with van der Waals surface area (Å²) in [7, 11) is 7.79. The van der Waals surface area contributed by atoms with Crippen LogP contribution in [0.4, 0.5) is 0 Å². The Morgan fingerprint density at radius 3 is 1.62 bits per heavy atom. The van der Waals surface area contributed by atoms with Gasteiger partial charge in [-0.3, -0.25) is 0 Å². The van der Waals surface area contributed by atoms with Gasteiger partial charge in [0.15, 0.2) is 7.28 Å². The summed E-state index contributed by atoms with van der Waals surface area (Å²) < 4.78 is 0. The van der Waals surface area contributed by atoms with Crippen LogP contribution in [0.25, 0.3) is 32.3 Å². The van der Waals surface area contributed by atoms with Crippen LogP contribution in [-0.4, -0.2) is 30.8 Å². The standard InChI is InChI=1S/C17H16B4/c1-21-15-7-14(20)10-3-2-8-12(18)6-13(19)9-4-5-11(15)17(10)16(8)9/h2-7,21H,18-20H2,1H3. The summed E-state index contributed by atoms with van der Waals surface area (Å²) in [5.41, 5.74) is 5.63. The van der Waals surface area contributed by atoms with E-state index in [1.807, 2.05) is 0 Å². The zero-order chi connectivity index (χ0) is 14.7. The molecule has 0 atom stereocenters. The van der Waals surface area contributed by atoms with E-state index in [9.17, 15) is 0 Å². The Bertz CT molecular complexity index is 983. The van der Waals surface area contributed by atoms with Crippen molar-refractivity contribution in [2.75, 3.05) is 0 Å². The second-order valence-corrected chi connectivity index (χ2v) is 6.29. The molecule has 0 saturated carbocycles. The van der Waals surface area contributed by atoms with Crippen LogP contribution in [0.15, 0.2) is 36.4 Å². The van der Waals surface area contributed by atoms with Crippen LogP contribution in [0.1, 0.15) is 0 Å². The molecule has 0 heterocycles. The Labute approximate surface area is 128 Å². The summed E-state index contributed by atoms with van der Waals surface area (Å²) in [5, 5.41) is 8.57. The molecule has 0 radical (unpaired) electrons. The Balaban J connectivity index is 2.42. The summed E-state index contributed by atoms with van der Waals surface area (Å²) in [5.74, 6) is 0. The number of hydrogen-bond acceptors (Lipinski definition) is 0. The van der Waals surface area contributed by atoms with Gasteiger partial charge in [-0.25, -0.2) is 0 Å². The molecule has 0 N–H and O–H groups in total. The highest BCUT2D eigenvalue weighted by Gasteiger charge is 2.14. The highest BCUT2D eigenvalue weighted by molar-refractivity contribution is 6.60. The van der Waals surface area contributed by atoms with Crippen LogP contribution < -0.4 is 21.9 Å². The van der Waals surface area contributed by atoms with E-state index in [0.717, 1.165) is 7.28 Å². The van der Waals surface area contributed by atoms with Gasteiger partial charge in [-0.1, -0.05) is 65.1 Å². The zero-order valence-corrected chi connectivity index (χ0v) is 13.2. The van der Waals surface area contributed by atoms with Crippen LogP contribution in [0.3, 0.4) is 0 Å². The molecule has 0 amide bonds. The predicted molar refractivity (Wildman–Crippen MR) is 107 cm³/mol. The topological polar surface area (TPSA) is 0 Å². The molecule has 4 aromatic carbocycles. The van der Waals surface area contributed by atoms with Crippen LogP contribution in [-0.2, 0) is 0 Å². The molecule has 0 aliphatic heterocycles. The van der Waals surface area contributed by atoms with Gasteiger partial charge in [0, 0.05) is 0 Å². The Kier molecular flexibility index (Phi) is 2.66. The third-order valence-electron chi connectivity index (χ3n) is 4.99. The van der Waals surface area contributed by atoms with Crippen molar-refractivity contribution >= 4 is 85.0 Å². The van der Waals surface area contributed by atoms with Crippen molar-refractivity contribution in [3.8, 4) is 0 Å². The highest BCUT2D eigenvalue weighted by atomic mass is 14.1. The molecule has 4 rings (SSSR count). The molecule has 0 aliphatic carbocycles. The maximum Gasteiger partial charge on any atom is 0.155 e. The summed E-state index contributed by atoms with van der Waals surface area (Å²) in [6, 6.07) is 13.9. The summed E-state index contributed by atoms with van der Waals surface area (Å²) in [4.78, 5) is 0. The fourth-order valence-corrected chi connectivity index (χ4v) is 3.94. The van der Waals surface area contributed by atoms with Gasteiger partial charge in [0.2, 0.25) is 0 Å². The maximum atomic E-state index is 2.36. The molecule has 0 aliphatic rings. The second kappa shape index (κ2) is 4.34. The largest absolute Gasteiger partial charge is 0.155 e. The van der Waals surface area contributed by atoms with Crippen molar-refractivity contribution < 1.29 is 0 Å². The first kappa shape index (κ1) is 12.9. The lowest BCUT2D eigenvalue weighted by atomic mass is 9.67. The molecule has 96 valence electrons. The van der Waals surface area contributed by atoms with E-state index in [2.05, 4.69) is 66.8 Å². The van der Waals surface area contributed by atoms with E-state index in [4.69, 9.17) is 0 Å². The van der Waals surface area contributed by atoms with E-state index in [0.29, 0.717) is 0 Å². The first-order valence-corrected chi connectivity index (χ1v) is 7.79. The first-order valence-electron chi connectivity index (χ1n) is 7.79. The average Bonchev–Trinajstić information content (AvgIpc) is 2.48. The van der Waals surface area contributed by atoms with Crippen molar-refractivity contribution in [1.82, 2.24) is 0 Å². The fraction of sp³-hybridized carbons (Fsp3) is 0.0588. The average molecular weight is 264 g/mol. The molecule has 0 spiro atoms. The van der Waals surface area contributed by atoms with Gasteiger partial charge in [0.25, 0.3) is 0 Å². The van der Waals surface area contributed by atoms with Crippen LogP contribution in [0.2, 0.25) is 6.82 Å². The van der Waals surface area contributed by atoms with Crippen LogP contribution >= 0.6 is 0 Å². The molecule has 0 bridgehead atoms. The predicted octanol–water partition coefficient (Wildman–Crippen LogP) is -1.53. The maximum absolute atomic E-state index is 2.36. The molecule has 0 saturated heterocycles. The minimum Gasteiger partial charge on any atom is -0.0849 e. The van der Waals surface area contributed by atoms with Crippen molar-refractivity contribution in [3.05, 3.63) is 36.4 Å². The lowest BCUT2D eigenvalue weighted by Crippen LogP contribution is -2.22. The van der Waals surface area contributed by atoms with Crippen molar-refractivity contribution in [3.63, 3.8) is 0 Å². The fourth-order valence-electron chi connectivity index (χ4n) is 3.94. The molecule has 0 nitrogen and oxygen atoms in total. The minimum atomic E-state index is 1.09. The van der Waals surface area contributed by atoms with Crippen LogP contribution in [0, 0.1) is 0 Å². The molecule has 0 unspecified atom stereocenters. The SMILES string of the molecule is Bc1cc(B)c2ccc3c(BC)cc(B)c4ccc1c2c43. The first-order chi connectivity index (χ1) is 10.1. The van der Waals surface area contributed by atoms with Gasteiger partial charge in [-0.2, -0.15) is 0 Å². The molecule has 4 heteroatoms. The van der Waals surface area contributed by atoms with E-state index >= 15 is 0 Å². The lowest BCUT2D eigenvalue weighted by molar-refractivity contribution is 1.87. The van der Waals surface area contributed by atoms with E-state index in [1.165, 1.54) is 54.2 Å². The van der Waals surface area contributed by atoms with E-state index in [1.54, 1.807) is 0 Å². The number of benzene rings is 4. The zero-order valence-electron chi connectivity index (χ0n) is 13.2. The molecular weight excluding hydrogens is 247 g/mol. The quantitative estimate of drug-likeness (QED) is 0.289. The summed E-state index contributed by atoms with van der Waals surface area (Å²) in [6.45, 7) is 2.25. The third-order valence-corrected chi connectivity index (χ3v) is 4.99. The van der Waals surface area contributed by atoms with E-state index in [-0.39, 0.29) is 0 Å². The van der Waals surface area contributed by atoms with Crippen molar-refractivity contribution in [2.24, 2.45) is 0 Å². The third kappa shape index (κ3) is 1.62. The highest BCUT2D eigenvalue weighted by Crippen LogP contribution is 2.31. The Morgan fingerprint density at radius 2 is 1.10 bits per heavy atom. The molecule has 0 fully saturated rings. The molecule has 4 aromatic rings. The van der Waals surface area contributed by atoms with Crippen molar-refractivity contribution in [2.45, 2.75) is 6.82 Å². The number of rotatable bonds is 1. The van der Waals surface area contributed by atoms with E-state index < -0.39 is 0 Å². The summed E-state index contributed by atoms with van der Waals surface area (Å²) in [6.07, 6.45) is 0. The molecule has 0 aromatic heterocycles. The normalized spacial score (nSPS) is 11.7. The molecule has 21 heavy (non-hydrogen) atoms. The van der Waals surface area contributed by atoms with Gasteiger partial charge >= 0.3 is 0 Å². The van der Waals surface area contributed by atoms with Gasteiger partial charge in [0.1, 0.15) is 23.5 Å². The van der Waals surface area contributed by atoms with Crippen molar-refractivity contribution in [1.29, 1.82) is 0 Å². The van der Waals surface area contributed by atoms with Crippen LogP contribution in [0.5, 0.6) is 0 Å². The molecular formula is C17H16B4. The smallest absolute Gasteiger partial charge is 0.0849 e. The number of hydrogen-bond donors (Lipinski definition) is 0. The van der Waals surface area contributed by atoms with Gasteiger partial charge in [-0.15, -0.1) is 0 Å². The van der Waals surface area contributed by atoms with Gasteiger partial charge in [-0.05, 0) is 32.3 Å². The van der Waals surface area contributed by atoms with Gasteiger partial charge < -0.3 is 0 Å². The van der Waals surface area contributed by atoms with Gasteiger partial charge in [0.05, 0.1) is 0 Å².